The lowest BCUT2D eigenvalue weighted by Gasteiger charge is -2.32. The summed E-state index contributed by atoms with van der Waals surface area (Å²) in [5.74, 6) is -0.653. The first-order chi connectivity index (χ1) is 12.2. The van der Waals surface area contributed by atoms with Gasteiger partial charge in [-0.1, -0.05) is 70.6 Å². The minimum atomic E-state index is -0.653. The number of likely N-dealkylation sites (N-methyl/N-ethyl adjacent to an activating group) is 1. The molecule has 0 unspecified atom stereocenters. The fourth-order valence-corrected chi connectivity index (χ4v) is 3.63. The van der Waals surface area contributed by atoms with E-state index in [0.717, 1.165) is 12.8 Å². The van der Waals surface area contributed by atoms with Gasteiger partial charge < -0.3 is 14.9 Å². The molecule has 25 heavy (non-hydrogen) atoms. The summed E-state index contributed by atoms with van der Waals surface area (Å²) in [6.45, 7) is 6.30. The van der Waals surface area contributed by atoms with Crippen molar-refractivity contribution < 1.29 is 9.90 Å². The van der Waals surface area contributed by atoms with Crippen LogP contribution in [0, 0.1) is 0 Å². The lowest BCUT2D eigenvalue weighted by atomic mass is 10.0. The molecule has 1 aliphatic heterocycles. The standard InChI is InChI=1S/C21H42N2O2/c1-22-17-19-23(20-18-22)16-14-12-10-8-6-4-2-3-5-7-9-11-13-15-21(24)25/h2-20H2,1H3,(H,24,25). The van der Waals surface area contributed by atoms with Crippen molar-refractivity contribution in [1.82, 2.24) is 9.80 Å². The van der Waals surface area contributed by atoms with Gasteiger partial charge in [-0.2, -0.15) is 0 Å². The zero-order valence-corrected chi connectivity index (χ0v) is 16.7. The van der Waals surface area contributed by atoms with Crippen molar-refractivity contribution in [2.75, 3.05) is 39.8 Å². The molecule has 0 aromatic rings. The van der Waals surface area contributed by atoms with Gasteiger partial charge in [-0.25, -0.2) is 0 Å². The van der Waals surface area contributed by atoms with Crippen molar-refractivity contribution in [2.24, 2.45) is 0 Å². The van der Waals surface area contributed by atoms with Gasteiger partial charge in [-0.05, 0) is 26.4 Å². The lowest BCUT2D eigenvalue weighted by Crippen LogP contribution is -2.44. The molecule has 0 aromatic carbocycles. The van der Waals surface area contributed by atoms with Gasteiger partial charge in [0.05, 0.1) is 0 Å². The Balaban J connectivity index is 1.70. The second-order valence-corrected chi connectivity index (χ2v) is 7.88. The van der Waals surface area contributed by atoms with E-state index in [0.29, 0.717) is 6.42 Å². The van der Waals surface area contributed by atoms with Crippen molar-refractivity contribution in [3.63, 3.8) is 0 Å². The van der Waals surface area contributed by atoms with E-state index in [1.54, 1.807) is 0 Å². The van der Waals surface area contributed by atoms with Gasteiger partial charge in [-0.3, -0.25) is 4.79 Å². The predicted molar refractivity (Wildman–Crippen MR) is 106 cm³/mol. The first-order valence-corrected chi connectivity index (χ1v) is 10.8. The number of carboxylic acid groups (broad SMARTS) is 1. The average molecular weight is 355 g/mol. The molecule has 1 fully saturated rings. The Bertz CT molecular complexity index is 315. The van der Waals surface area contributed by atoms with E-state index in [4.69, 9.17) is 5.11 Å². The zero-order valence-electron chi connectivity index (χ0n) is 16.7. The first-order valence-electron chi connectivity index (χ1n) is 10.8. The number of hydrogen-bond donors (Lipinski definition) is 1. The molecule has 0 amide bonds. The van der Waals surface area contributed by atoms with Crippen molar-refractivity contribution in [1.29, 1.82) is 0 Å². The van der Waals surface area contributed by atoms with Crippen LogP contribution in [0.4, 0.5) is 0 Å². The van der Waals surface area contributed by atoms with Crippen molar-refractivity contribution >= 4 is 5.97 Å². The summed E-state index contributed by atoms with van der Waals surface area (Å²) in [5.41, 5.74) is 0. The molecule has 0 aromatic heterocycles. The number of piperazine rings is 1. The number of carbonyl (C=O) groups is 1. The number of unbranched alkanes of at least 4 members (excludes halogenated alkanes) is 12. The van der Waals surface area contributed by atoms with E-state index in [2.05, 4.69) is 16.8 Å². The molecule has 148 valence electrons. The smallest absolute Gasteiger partial charge is 0.303 e. The van der Waals surface area contributed by atoms with Crippen molar-refractivity contribution in [3.05, 3.63) is 0 Å². The summed E-state index contributed by atoms with van der Waals surface area (Å²) in [5, 5.41) is 8.57. The molecule has 1 heterocycles. The molecule has 1 rings (SSSR count). The maximum atomic E-state index is 10.4. The van der Waals surface area contributed by atoms with Gasteiger partial charge in [0.1, 0.15) is 0 Å². The molecule has 0 atom stereocenters. The third-order valence-electron chi connectivity index (χ3n) is 5.46. The predicted octanol–water partition coefficient (Wildman–Crippen LogP) is 4.78. The Morgan fingerprint density at radius 3 is 1.52 bits per heavy atom. The largest absolute Gasteiger partial charge is 0.481 e. The van der Waals surface area contributed by atoms with Gasteiger partial charge in [0.15, 0.2) is 0 Å². The second-order valence-electron chi connectivity index (χ2n) is 7.88. The third-order valence-corrected chi connectivity index (χ3v) is 5.46. The normalized spacial score (nSPS) is 16.4. The van der Waals surface area contributed by atoms with Gasteiger partial charge >= 0.3 is 5.97 Å². The Morgan fingerprint density at radius 2 is 1.08 bits per heavy atom. The summed E-state index contributed by atoms with van der Waals surface area (Å²) in [6.07, 6.45) is 17.3. The molecule has 1 saturated heterocycles. The SMILES string of the molecule is CN1CCN(CCCCCCCCCCCCCCCC(=O)O)CC1. The number of aliphatic carboxylic acids is 1. The molecule has 0 aliphatic carbocycles. The van der Waals surface area contributed by atoms with E-state index in [1.165, 1.54) is 103 Å². The summed E-state index contributed by atoms with van der Waals surface area (Å²) >= 11 is 0. The molecule has 1 N–H and O–H groups in total. The van der Waals surface area contributed by atoms with Gasteiger partial charge in [-0.15, -0.1) is 0 Å². The summed E-state index contributed by atoms with van der Waals surface area (Å²) in [6, 6.07) is 0. The van der Waals surface area contributed by atoms with Crippen LogP contribution in [0.3, 0.4) is 0 Å². The fourth-order valence-electron chi connectivity index (χ4n) is 3.63. The maximum absolute atomic E-state index is 10.4. The Hall–Kier alpha value is -0.610. The highest BCUT2D eigenvalue weighted by Gasteiger charge is 2.12. The van der Waals surface area contributed by atoms with Crippen LogP contribution in [0.15, 0.2) is 0 Å². The molecule has 0 radical (unpaired) electrons. The monoisotopic (exact) mass is 354 g/mol. The van der Waals surface area contributed by atoms with E-state index >= 15 is 0 Å². The van der Waals surface area contributed by atoms with Crippen molar-refractivity contribution in [3.8, 4) is 0 Å². The van der Waals surface area contributed by atoms with Crippen LogP contribution in [0.5, 0.6) is 0 Å². The molecular weight excluding hydrogens is 312 g/mol. The Labute approximate surface area is 156 Å². The molecule has 4 nitrogen and oxygen atoms in total. The van der Waals surface area contributed by atoms with Crippen LogP contribution in [-0.4, -0.2) is 60.6 Å². The van der Waals surface area contributed by atoms with Crippen molar-refractivity contribution in [2.45, 2.75) is 89.9 Å². The van der Waals surface area contributed by atoms with Gasteiger partial charge in [0, 0.05) is 32.6 Å². The first kappa shape index (κ1) is 22.4. The Kier molecular flexibility index (Phi) is 14.0. The highest BCUT2D eigenvalue weighted by Crippen LogP contribution is 2.13. The molecule has 1 aliphatic rings. The highest BCUT2D eigenvalue weighted by atomic mass is 16.4. The van der Waals surface area contributed by atoms with Crippen LogP contribution in [-0.2, 0) is 4.79 Å². The molecule has 0 bridgehead atoms. The minimum absolute atomic E-state index is 0.343. The lowest BCUT2D eigenvalue weighted by molar-refractivity contribution is -0.137. The Morgan fingerprint density at radius 1 is 0.680 bits per heavy atom. The molecule has 4 heteroatoms. The van der Waals surface area contributed by atoms with E-state index < -0.39 is 5.97 Å². The number of nitrogens with zero attached hydrogens (tertiary/aromatic N) is 2. The van der Waals surface area contributed by atoms with Crippen LogP contribution < -0.4 is 0 Å². The maximum Gasteiger partial charge on any atom is 0.303 e. The molecular formula is C21H42N2O2. The number of carboxylic acids is 1. The van der Waals surface area contributed by atoms with E-state index in [-0.39, 0.29) is 0 Å². The molecule has 0 saturated carbocycles. The average Bonchev–Trinajstić information content (AvgIpc) is 2.59. The number of hydrogen-bond acceptors (Lipinski definition) is 3. The van der Waals surface area contributed by atoms with Crippen LogP contribution in [0.25, 0.3) is 0 Å². The minimum Gasteiger partial charge on any atom is -0.481 e. The van der Waals surface area contributed by atoms with E-state index in [1.807, 2.05) is 0 Å². The number of rotatable bonds is 16. The summed E-state index contributed by atoms with van der Waals surface area (Å²) in [4.78, 5) is 15.5. The highest BCUT2D eigenvalue weighted by molar-refractivity contribution is 5.66. The second kappa shape index (κ2) is 15.6. The fraction of sp³-hybridized carbons (Fsp3) is 0.952. The van der Waals surface area contributed by atoms with Crippen LogP contribution in [0.2, 0.25) is 0 Å². The third kappa shape index (κ3) is 14.3. The summed E-state index contributed by atoms with van der Waals surface area (Å²) < 4.78 is 0. The summed E-state index contributed by atoms with van der Waals surface area (Å²) in [7, 11) is 2.22. The zero-order chi connectivity index (χ0) is 18.2. The van der Waals surface area contributed by atoms with Gasteiger partial charge in [0.2, 0.25) is 0 Å². The van der Waals surface area contributed by atoms with E-state index in [9.17, 15) is 4.79 Å². The van der Waals surface area contributed by atoms with Crippen LogP contribution >= 0.6 is 0 Å². The van der Waals surface area contributed by atoms with Gasteiger partial charge in [0.25, 0.3) is 0 Å². The van der Waals surface area contributed by atoms with Crippen LogP contribution in [0.1, 0.15) is 89.9 Å². The topological polar surface area (TPSA) is 43.8 Å². The molecule has 0 spiro atoms. The quantitative estimate of drug-likeness (QED) is 0.405.